The maximum Gasteiger partial charge on any atom is 0.252 e. The van der Waals surface area contributed by atoms with Crippen LogP contribution < -0.4 is 9.80 Å². The molecule has 1 amide bonds. The third-order valence-corrected chi connectivity index (χ3v) is 19.2. The van der Waals surface area contributed by atoms with E-state index in [1.165, 1.54) is 27.0 Å². The molecule has 4 fully saturated rings. The second-order valence-corrected chi connectivity index (χ2v) is 24.6. The highest BCUT2D eigenvalue weighted by Crippen LogP contribution is 2.32. The van der Waals surface area contributed by atoms with Gasteiger partial charge in [-0.25, -0.2) is 16.8 Å². The van der Waals surface area contributed by atoms with Gasteiger partial charge < -0.3 is 34.4 Å². The van der Waals surface area contributed by atoms with Crippen molar-refractivity contribution in [2.24, 2.45) is 0 Å². The molecule has 0 spiro atoms. The smallest absolute Gasteiger partial charge is 0.252 e. The van der Waals surface area contributed by atoms with Crippen LogP contribution in [0.4, 0.5) is 11.4 Å². The van der Waals surface area contributed by atoms with Crippen LogP contribution in [0.2, 0.25) is 0 Å². The Labute approximate surface area is 392 Å². The molecular weight excluding hydrogens is 909 g/mol. The number of morpholine rings is 2. The number of hydrogen-bond donors (Lipinski definition) is 2. The molecule has 2 N–H and O–H groups in total. The maximum atomic E-state index is 13.2. The Morgan fingerprint density at radius 1 is 0.631 bits per heavy atom. The summed E-state index contributed by atoms with van der Waals surface area (Å²) in [6, 6.07) is 22.5. The van der Waals surface area contributed by atoms with E-state index < -0.39 is 31.2 Å². The van der Waals surface area contributed by atoms with Crippen LogP contribution >= 0.6 is 22.7 Å². The molecule has 4 aliphatic heterocycles. The largest absolute Gasteiger partial charge is 0.386 e. The zero-order chi connectivity index (χ0) is 46.7. The Hall–Kier alpha value is -3.47. The van der Waals surface area contributed by atoms with Gasteiger partial charge in [0.15, 0.2) is 0 Å². The summed E-state index contributed by atoms with van der Waals surface area (Å²) in [5, 5.41) is 24.2. The van der Waals surface area contributed by atoms with E-state index in [-0.39, 0.29) is 37.2 Å². The van der Waals surface area contributed by atoms with Gasteiger partial charge >= 0.3 is 0 Å². The Bertz CT molecular complexity index is 2390. The van der Waals surface area contributed by atoms with Crippen molar-refractivity contribution in [3.8, 4) is 0 Å². The predicted molar refractivity (Wildman–Crippen MR) is 256 cm³/mol. The number of rotatable bonds is 12. The summed E-state index contributed by atoms with van der Waals surface area (Å²) in [4.78, 5) is 21.2. The first-order chi connectivity index (χ1) is 30.7. The van der Waals surface area contributed by atoms with Crippen LogP contribution in [-0.2, 0) is 45.5 Å². The summed E-state index contributed by atoms with van der Waals surface area (Å²) in [5.41, 5.74) is 1.82. The Kier molecular flexibility index (Phi) is 15.5. The number of piperazine rings is 2. The standard InChI is InChI=1S/C23H31N3O5S2.C23H33N3O4S2/c1-17-15-31-16-21(27)26(17)14-20-13-24(33(29,30)22-5-4-12-32-22)10-11-25(20)19-8-6-18(7-9-19)23(2,3)28;1-18-17-30-13-12-24(18)15-21-16-25(32(28,29)22-5-4-14-31-22)10-11-26(21)20-8-6-19(7-9-20)23(2,3)27/h4-9,12,17,20,28H,10-11,13-16H2,1-3H3;4-9,14,18,21,27H,10-13,15-17H2,1-3H3/t17-,20+;18-,21-/m00/s1. The number of ether oxygens (including phenoxy) is 2. The highest BCUT2D eigenvalue weighted by Gasteiger charge is 2.39. The number of anilines is 2. The van der Waals surface area contributed by atoms with Crippen LogP contribution in [0.15, 0.2) is 92.0 Å². The van der Waals surface area contributed by atoms with Crippen LogP contribution in [0.3, 0.4) is 0 Å². The summed E-state index contributed by atoms with van der Waals surface area (Å²) in [7, 11) is -7.08. The number of nitrogens with zero attached hydrogens (tertiary/aromatic N) is 6. The lowest BCUT2D eigenvalue weighted by Crippen LogP contribution is -2.61. The van der Waals surface area contributed by atoms with Gasteiger partial charge in [0.05, 0.1) is 49.1 Å². The van der Waals surface area contributed by atoms with E-state index in [1.807, 2.05) is 55.5 Å². The van der Waals surface area contributed by atoms with Gasteiger partial charge in [-0.15, -0.1) is 22.7 Å². The van der Waals surface area contributed by atoms with Crippen molar-refractivity contribution in [2.75, 3.05) is 95.1 Å². The molecule has 2 aromatic carbocycles. The quantitative estimate of drug-likeness (QED) is 0.202. The minimum Gasteiger partial charge on any atom is -0.386 e. The Morgan fingerprint density at radius 2 is 1.09 bits per heavy atom. The van der Waals surface area contributed by atoms with E-state index in [0.29, 0.717) is 73.5 Å². The SMILES string of the molecule is C[C@H]1COCC(=O)N1C[C@H]1CN(S(=O)(=O)c2cccs2)CCN1c1ccc(C(C)(C)O)cc1.C[C@H]1COCCN1C[C@H]1CN(S(=O)(=O)c2cccs2)CCN1c1ccc(C(C)(C)O)cc1. The second-order valence-electron chi connectivity index (χ2n) is 18.3. The summed E-state index contributed by atoms with van der Waals surface area (Å²) in [5.74, 6) is -0.0793. The average molecular weight is 973 g/mol. The van der Waals surface area contributed by atoms with Crippen LogP contribution in [0, 0.1) is 0 Å². The van der Waals surface area contributed by atoms with Crippen molar-refractivity contribution in [3.63, 3.8) is 0 Å². The van der Waals surface area contributed by atoms with Gasteiger partial charge in [-0.3, -0.25) is 9.69 Å². The number of aliphatic hydroxyl groups is 2. The second kappa shape index (κ2) is 20.4. The van der Waals surface area contributed by atoms with Crippen molar-refractivity contribution >= 4 is 60.0 Å². The lowest BCUT2D eigenvalue weighted by atomic mass is 9.98. The lowest BCUT2D eigenvalue weighted by molar-refractivity contribution is -0.147. The molecule has 15 nitrogen and oxygen atoms in total. The molecule has 4 saturated heterocycles. The van der Waals surface area contributed by atoms with Crippen LogP contribution in [0.5, 0.6) is 0 Å². The van der Waals surface area contributed by atoms with Crippen molar-refractivity contribution in [1.82, 2.24) is 18.4 Å². The zero-order valence-corrected chi connectivity index (χ0v) is 41.4. The van der Waals surface area contributed by atoms with E-state index in [4.69, 9.17) is 9.47 Å². The minimum absolute atomic E-state index is 0.0204. The lowest BCUT2D eigenvalue weighted by Gasteiger charge is -2.45. The first kappa shape index (κ1) is 49.4. The fourth-order valence-electron chi connectivity index (χ4n) is 8.83. The van der Waals surface area contributed by atoms with Crippen LogP contribution in [-0.4, -0.2) is 161 Å². The van der Waals surface area contributed by atoms with Gasteiger partial charge in [-0.1, -0.05) is 36.4 Å². The highest BCUT2D eigenvalue weighted by molar-refractivity contribution is 7.91. The molecule has 0 radical (unpaired) electrons. The summed E-state index contributed by atoms with van der Waals surface area (Å²) in [6.45, 7) is 17.7. The van der Waals surface area contributed by atoms with Gasteiger partial charge in [-0.2, -0.15) is 8.61 Å². The van der Waals surface area contributed by atoms with Gasteiger partial charge in [0, 0.05) is 76.3 Å². The minimum atomic E-state index is -3.59. The van der Waals surface area contributed by atoms with E-state index in [2.05, 4.69) is 21.6 Å². The van der Waals surface area contributed by atoms with Crippen molar-refractivity contribution in [1.29, 1.82) is 0 Å². The molecule has 356 valence electrons. The molecule has 4 aromatic rings. The molecule has 4 atom stereocenters. The molecule has 0 saturated carbocycles. The summed E-state index contributed by atoms with van der Waals surface area (Å²) >= 11 is 2.48. The van der Waals surface area contributed by atoms with Gasteiger partial charge in [0.25, 0.3) is 20.0 Å². The normalized spacial score (nSPS) is 23.6. The fourth-order valence-corrected chi connectivity index (χ4v) is 14.1. The van der Waals surface area contributed by atoms with E-state index in [9.17, 15) is 31.8 Å². The number of carbonyl (C=O) groups excluding carboxylic acids is 1. The molecule has 0 bridgehead atoms. The third kappa shape index (κ3) is 11.6. The fraction of sp³-hybridized carbons (Fsp3) is 0.543. The highest BCUT2D eigenvalue weighted by atomic mass is 32.3. The number of hydrogen-bond acceptors (Lipinski definition) is 14. The van der Waals surface area contributed by atoms with Gasteiger partial charge in [0.2, 0.25) is 5.91 Å². The topological polar surface area (TPSA) is 164 Å². The van der Waals surface area contributed by atoms with Crippen molar-refractivity contribution < 1.29 is 41.3 Å². The number of carbonyl (C=O) groups is 1. The summed E-state index contributed by atoms with van der Waals surface area (Å²) < 4.78 is 67.7. The van der Waals surface area contributed by atoms with E-state index in [1.54, 1.807) is 71.9 Å². The zero-order valence-electron chi connectivity index (χ0n) is 38.2. The van der Waals surface area contributed by atoms with Crippen LogP contribution in [0.25, 0.3) is 0 Å². The summed E-state index contributed by atoms with van der Waals surface area (Å²) in [6.07, 6.45) is 0. The molecule has 2 aromatic heterocycles. The molecule has 4 aliphatic rings. The molecule has 0 unspecified atom stereocenters. The molecule has 6 heterocycles. The predicted octanol–water partition coefficient (Wildman–Crippen LogP) is 4.68. The average Bonchev–Trinajstić information content (AvgIpc) is 4.03. The van der Waals surface area contributed by atoms with Gasteiger partial charge in [-0.05, 0) is 99.8 Å². The van der Waals surface area contributed by atoms with E-state index >= 15 is 0 Å². The molecule has 8 rings (SSSR count). The number of sulfonamides is 2. The Balaban J connectivity index is 0.000000194. The molecular formula is C46H64N6O9S4. The van der Waals surface area contributed by atoms with Crippen molar-refractivity contribution in [3.05, 3.63) is 94.7 Å². The first-order valence-electron chi connectivity index (χ1n) is 22.2. The van der Waals surface area contributed by atoms with Crippen molar-refractivity contribution in [2.45, 2.75) is 85.3 Å². The number of thiophene rings is 2. The number of benzene rings is 2. The maximum absolute atomic E-state index is 13.2. The molecule has 0 aliphatic carbocycles. The number of amides is 1. The van der Waals surface area contributed by atoms with Crippen LogP contribution in [0.1, 0.15) is 52.7 Å². The first-order valence-corrected chi connectivity index (χ1v) is 26.8. The molecule has 19 heteroatoms. The Morgan fingerprint density at radius 3 is 1.51 bits per heavy atom. The molecule has 65 heavy (non-hydrogen) atoms. The monoisotopic (exact) mass is 972 g/mol. The van der Waals surface area contributed by atoms with Gasteiger partial charge in [0.1, 0.15) is 15.0 Å². The third-order valence-electron chi connectivity index (χ3n) is 12.7. The van der Waals surface area contributed by atoms with E-state index in [0.717, 1.165) is 35.6 Å².